The van der Waals surface area contributed by atoms with E-state index in [1.165, 1.54) is 0 Å². The normalized spacial score (nSPS) is 14.3. The van der Waals surface area contributed by atoms with Gasteiger partial charge in [-0.1, -0.05) is 41.9 Å². The molecule has 1 saturated heterocycles. The second-order valence-electron chi connectivity index (χ2n) is 6.70. The fraction of sp³-hybridized carbons (Fsp3) is 0.333. The van der Waals surface area contributed by atoms with Crippen LogP contribution in [0.2, 0.25) is 5.02 Å². The Morgan fingerprint density at radius 2 is 1.69 bits per heavy atom. The van der Waals surface area contributed by atoms with Gasteiger partial charge in [0.05, 0.1) is 6.54 Å². The SMILES string of the molecule is I.NC(=NCCC(=O)NCc1ccccc1)N1CCN(c2ccc(Cl)cc2)CC1. The van der Waals surface area contributed by atoms with Gasteiger partial charge in [-0.2, -0.15) is 0 Å². The lowest BCUT2D eigenvalue weighted by Gasteiger charge is -2.36. The predicted octanol–water partition coefficient (Wildman–Crippen LogP) is 3.10. The molecule has 6 nitrogen and oxygen atoms in total. The number of piperazine rings is 1. The maximum Gasteiger partial charge on any atom is 0.222 e. The number of aliphatic imine (C=N–C) groups is 1. The van der Waals surface area contributed by atoms with Gasteiger partial charge in [0, 0.05) is 49.9 Å². The lowest BCUT2D eigenvalue weighted by molar-refractivity contribution is -0.121. The summed E-state index contributed by atoms with van der Waals surface area (Å²) in [6.07, 6.45) is 0.332. The minimum atomic E-state index is -0.0204. The summed E-state index contributed by atoms with van der Waals surface area (Å²) in [5, 5.41) is 3.64. The Morgan fingerprint density at radius 3 is 2.34 bits per heavy atom. The van der Waals surface area contributed by atoms with Gasteiger partial charge in [-0.3, -0.25) is 9.79 Å². The molecule has 0 aromatic heterocycles. The van der Waals surface area contributed by atoms with E-state index in [0.717, 1.165) is 42.5 Å². The van der Waals surface area contributed by atoms with Crippen molar-refractivity contribution in [3.05, 3.63) is 65.2 Å². The van der Waals surface area contributed by atoms with Crippen molar-refractivity contribution in [3.63, 3.8) is 0 Å². The standard InChI is InChI=1S/C21H26ClN5O.HI/c22-18-6-8-19(9-7-18)26-12-14-27(15-13-26)21(23)24-11-10-20(28)25-16-17-4-2-1-3-5-17;/h1-9H,10-16H2,(H2,23,24)(H,25,28);1H. The first-order valence-corrected chi connectivity index (χ1v) is 9.85. The maximum atomic E-state index is 11.9. The molecule has 0 spiro atoms. The maximum absolute atomic E-state index is 11.9. The van der Waals surface area contributed by atoms with Crippen LogP contribution in [0, 0.1) is 0 Å². The number of carbonyl (C=O) groups excluding carboxylic acids is 1. The number of hydrogen-bond acceptors (Lipinski definition) is 3. The number of halogens is 2. The van der Waals surface area contributed by atoms with Crippen molar-refractivity contribution >= 4 is 53.1 Å². The lowest BCUT2D eigenvalue weighted by atomic mass is 10.2. The highest BCUT2D eigenvalue weighted by Gasteiger charge is 2.18. The molecule has 29 heavy (non-hydrogen) atoms. The lowest BCUT2D eigenvalue weighted by Crippen LogP contribution is -2.51. The third-order valence-corrected chi connectivity index (χ3v) is 4.99. The van der Waals surface area contributed by atoms with Crippen molar-refractivity contribution in [2.24, 2.45) is 10.7 Å². The zero-order chi connectivity index (χ0) is 19.8. The van der Waals surface area contributed by atoms with Gasteiger partial charge in [-0.05, 0) is 29.8 Å². The topological polar surface area (TPSA) is 74.0 Å². The molecule has 0 bridgehead atoms. The number of hydrogen-bond donors (Lipinski definition) is 2. The van der Waals surface area contributed by atoms with E-state index >= 15 is 0 Å². The zero-order valence-corrected chi connectivity index (χ0v) is 19.3. The molecule has 1 aliphatic heterocycles. The molecule has 1 heterocycles. The molecule has 8 heteroatoms. The highest BCUT2D eigenvalue weighted by Crippen LogP contribution is 2.19. The molecule has 0 atom stereocenters. The highest BCUT2D eigenvalue weighted by atomic mass is 127. The Kier molecular flexibility index (Phi) is 9.53. The number of guanidine groups is 1. The Hall–Kier alpha value is -2.00. The van der Waals surface area contributed by atoms with Crippen LogP contribution in [0.1, 0.15) is 12.0 Å². The molecule has 3 rings (SSSR count). The Morgan fingerprint density at radius 1 is 1.03 bits per heavy atom. The van der Waals surface area contributed by atoms with Crippen molar-refractivity contribution < 1.29 is 4.79 Å². The molecule has 3 N–H and O–H groups in total. The van der Waals surface area contributed by atoms with Gasteiger partial charge in [0.15, 0.2) is 5.96 Å². The van der Waals surface area contributed by atoms with E-state index in [2.05, 4.69) is 20.1 Å². The van der Waals surface area contributed by atoms with Crippen molar-refractivity contribution in [2.45, 2.75) is 13.0 Å². The first-order valence-electron chi connectivity index (χ1n) is 9.48. The van der Waals surface area contributed by atoms with E-state index in [9.17, 15) is 4.79 Å². The summed E-state index contributed by atoms with van der Waals surface area (Å²) in [6, 6.07) is 17.7. The van der Waals surface area contributed by atoms with Crippen LogP contribution in [0.5, 0.6) is 0 Å². The molecule has 1 amide bonds. The minimum Gasteiger partial charge on any atom is -0.370 e. The molecule has 0 radical (unpaired) electrons. The van der Waals surface area contributed by atoms with Crippen LogP contribution in [0.4, 0.5) is 5.69 Å². The van der Waals surface area contributed by atoms with Crippen molar-refractivity contribution in [1.29, 1.82) is 0 Å². The van der Waals surface area contributed by atoms with Crippen LogP contribution in [-0.2, 0) is 11.3 Å². The fourth-order valence-corrected chi connectivity index (χ4v) is 3.23. The minimum absolute atomic E-state index is 0. The Bertz CT molecular complexity index is 792. The van der Waals surface area contributed by atoms with Gasteiger partial charge < -0.3 is 20.9 Å². The molecule has 1 aliphatic rings. The van der Waals surface area contributed by atoms with Crippen LogP contribution < -0.4 is 16.0 Å². The first kappa shape index (κ1) is 23.3. The van der Waals surface area contributed by atoms with Crippen molar-refractivity contribution in [3.8, 4) is 0 Å². The molecule has 0 saturated carbocycles. The summed E-state index contributed by atoms with van der Waals surface area (Å²) >= 11 is 5.95. The number of nitrogens with one attached hydrogen (secondary N) is 1. The number of nitrogens with zero attached hydrogens (tertiary/aromatic N) is 3. The van der Waals surface area contributed by atoms with Gasteiger partial charge in [0.25, 0.3) is 0 Å². The molecule has 156 valence electrons. The Balaban J connectivity index is 0.00000300. The highest BCUT2D eigenvalue weighted by molar-refractivity contribution is 14.0. The van der Waals surface area contributed by atoms with Crippen LogP contribution in [0.25, 0.3) is 0 Å². The first-order chi connectivity index (χ1) is 13.6. The van der Waals surface area contributed by atoms with Crippen LogP contribution in [0.3, 0.4) is 0 Å². The van der Waals surface area contributed by atoms with Crippen LogP contribution in [-0.4, -0.2) is 49.5 Å². The van der Waals surface area contributed by atoms with E-state index in [0.29, 0.717) is 25.5 Å². The number of nitrogens with two attached hydrogens (primary N) is 1. The van der Waals surface area contributed by atoms with Gasteiger partial charge in [0.1, 0.15) is 0 Å². The van der Waals surface area contributed by atoms with Gasteiger partial charge in [-0.25, -0.2) is 0 Å². The van der Waals surface area contributed by atoms with E-state index in [1.807, 2.05) is 54.6 Å². The third kappa shape index (κ3) is 7.40. The quantitative estimate of drug-likeness (QED) is 0.344. The average Bonchev–Trinajstić information content (AvgIpc) is 2.73. The number of amides is 1. The van der Waals surface area contributed by atoms with E-state index in [4.69, 9.17) is 17.3 Å². The second kappa shape index (κ2) is 11.9. The summed E-state index contributed by atoms with van der Waals surface area (Å²) in [5.74, 6) is 0.486. The summed E-state index contributed by atoms with van der Waals surface area (Å²) in [6.45, 7) is 4.27. The Labute approximate surface area is 194 Å². The average molecular weight is 528 g/mol. The van der Waals surface area contributed by atoms with Gasteiger partial charge >= 0.3 is 0 Å². The van der Waals surface area contributed by atoms with Crippen LogP contribution >= 0.6 is 35.6 Å². The predicted molar refractivity (Wildman–Crippen MR) is 130 cm³/mol. The largest absolute Gasteiger partial charge is 0.370 e. The van der Waals surface area contributed by atoms with Crippen molar-refractivity contribution in [1.82, 2.24) is 10.2 Å². The summed E-state index contributed by atoms with van der Waals surface area (Å²) in [5.41, 5.74) is 8.35. The van der Waals surface area contributed by atoms with E-state index < -0.39 is 0 Å². The monoisotopic (exact) mass is 527 g/mol. The molecule has 0 unspecified atom stereocenters. The number of anilines is 1. The van der Waals surface area contributed by atoms with Crippen molar-refractivity contribution in [2.75, 3.05) is 37.6 Å². The fourth-order valence-electron chi connectivity index (χ4n) is 3.10. The molecule has 0 aliphatic carbocycles. The van der Waals surface area contributed by atoms with E-state index in [1.54, 1.807) is 0 Å². The van der Waals surface area contributed by atoms with E-state index in [-0.39, 0.29) is 29.9 Å². The molecular weight excluding hydrogens is 501 g/mol. The van der Waals surface area contributed by atoms with Gasteiger partial charge in [-0.15, -0.1) is 24.0 Å². The molecule has 2 aromatic rings. The summed E-state index contributed by atoms with van der Waals surface area (Å²) < 4.78 is 0. The molecule has 2 aromatic carbocycles. The summed E-state index contributed by atoms with van der Waals surface area (Å²) in [4.78, 5) is 20.7. The number of benzene rings is 2. The zero-order valence-electron chi connectivity index (χ0n) is 16.3. The second-order valence-corrected chi connectivity index (χ2v) is 7.14. The smallest absolute Gasteiger partial charge is 0.222 e. The molecular formula is C21H27ClIN5O. The van der Waals surface area contributed by atoms with Gasteiger partial charge in [0.2, 0.25) is 5.91 Å². The summed E-state index contributed by atoms with van der Waals surface area (Å²) in [7, 11) is 0. The third-order valence-electron chi connectivity index (χ3n) is 4.74. The number of carbonyl (C=O) groups is 1. The number of rotatable bonds is 6. The van der Waals surface area contributed by atoms with Crippen LogP contribution in [0.15, 0.2) is 59.6 Å². The molecule has 1 fully saturated rings.